The molecule has 28 heavy (non-hydrogen) atoms. The topological polar surface area (TPSA) is 83.1 Å². The Morgan fingerprint density at radius 3 is 2.61 bits per heavy atom. The lowest BCUT2D eigenvalue weighted by Crippen LogP contribution is -2.15. The zero-order valence-corrected chi connectivity index (χ0v) is 16.1. The fourth-order valence-corrected chi connectivity index (χ4v) is 3.24. The van der Waals surface area contributed by atoms with Crippen LogP contribution >= 0.6 is 0 Å². The minimum atomic E-state index is -0.293. The zero-order valence-electron chi connectivity index (χ0n) is 16.1. The van der Waals surface area contributed by atoms with Gasteiger partial charge in [-0.05, 0) is 62.4 Å². The minimum absolute atomic E-state index is 0.159. The highest BCUT2D eigenvalue weighted by atomic mass is 16.2. The molecule has 3 rings (SSSR count). The largest absolute Gasteiger partial charge is 0.385 e. The summed E-state index contributed by atoms with van der Waals surface area (Å²) in [6.45, 7) is 2.29. The van der Waals surface area contributed by atoms with Crippen LogP contribution in [-0.4, -0.2) is 23.3 Å². The summed E-state index contributed by atoms with van der Waals surface area (Å²) >= 11 is 0. The second-order valence-electron chi connectivity index (χ2n) is 6.93. The highest BCUT2D eigenvalue weighted by Crippen LogP contribution is 2.20. The lowest BCUT2D eigenvalue weighted by molar-refractivity contribution is -0.114. The van der Waals surface area contributed by atoms with Gasteiger partial charge in [-0.2, -0.15) is 0 Å². The maximum atomic E-state index is 12.5. The fourth-order valence-electron chi connectivity index (χ4n) is 3.24. The van der Waals surface area contributed by atoms with Crippen molar-refractivity contribution in [1.82, 2.24) is 4.98 Å². The van der Waals surface area contributed by atoms with Gasteiger partial charge >= 0.3 is 0 Å². The van der Waals surface area contributed by atoms with Crippen LogP contribution in [-0.2, 0) is 4.79 Å². The normalized spacial score (nSPS) is 13.4. The van der Waals surface area contributed by atoms with Crippen molar-refractivity contribution in [2.24, 2.45) is 0 Å². The summed E-state index contributed by atoms with van der Waals surface area (Å²) in [5, 5.41) is 8.89. The third kappa shape index (κ3) is 5.94. The third-order valence-electron chi connectivity index (χ3n) is 4.59. The number of carbonyl (C=O) groups excluding carboxylic acids is 2. The lowest BCUT2D eigenvalue weighted by atomic mass is 9.97. The van der Waals surface area contributed by atoms with Crippen molar-refractivity contribution < 1.29 is 9.59 Å². The number of amides is 2. The van der Waals surface area contributed by atoms with Crippen LogP contribution in [0.1, 0.15) is 49.5 Å². The second kappa shape index (κ2) is 9.69. The molecule has 2 aromatic rings. The number of aromatic nitrogens is 1. The number of nitrogens with one attached hydrogen (secondary N) is 3. The number of carbonyl (C=O) groups is 2. The van der Waals surface area contributed by atoms with E-state index in [0.29, 0.717) is 17.1 Å². The standard InChI is InChI=1S/C22H26N4O2/c1-16(27)25-19-8-5-9-20(14-19)26-22(28)21-15-18(11-13-24-21)23-12-10-17-6-3-2-4-7-17/h5-6,8-9,11,13-15H,2-4,7,10,12H2,1H3,(H,23,24)(H,25,27)(H,26,28). The molecule has 1 heterocycles. The summed E-state index contributed by atoms with van der Waals surface area (Å²) in [7, 11) is 0. The van der Waals surface area contributed by atoms with Crippen molar-refractivity contribution in [2.45, 2.75) is 39.0 Å². The monoisotopic (exact) mass is 378 g/mol. The van der Waals surface area contributed by atoms with Crippen LogP contribution in [0.4, 0.5) is 17.1 Å². The highest BCUT2D eigenvalue weighted by Gasteiger charge is 2.10. The molecule has 1 aromatic heterocycles. The van der Waals surface area contributed by atoms with E-state index in [4.69, 9.17) is 0 Å². The van der Waals surface area contributed by atoms with Crippen molar-refractivity contribution in [3.8, 4) is 0 Å². The van der Waals surface area contributed by atoms with E-state index < -0.39 is 0 Å². The summed E-state index contributed by atoms with van der Waals surface area (Å²) in [5.74, 6) is -0.452. The van der Waals surface area contributed by atoms with E-state index in [2.05, 4.69) is 27.0 Å². The predicted octanol–water partition coefficient (Wildman–Crippen LogP) is 4.59. The van der Waals surface area contributed by atoms with E-state index in [1.165, 1.54) is 38.2 Å². The molecule has 0 spiro atoms. The van der Waals surface area contributed by atoms with Crippen LogP contribution < -0.4 is 16.0 Å². The first-order valence-electron chi connectivity index (χ1n) is 9.67. The Labute approximate surface area is 165 Å². The third-order valence-corrected chi connectivity index (χ3v) is 4.59. The quantitative estimate of drug-likeness (QED) is 0.615. The first-order valence-corrected chi connectivity index (χ1v) is 9.67. The van der Waals surface area contributed by atoms with Crippen molar-refractivity contribution in [1.29, 1.82) is 0 Å². The molecule has 0 radical (unpaired) electrons. The molecule has 0 atom stereocenters. The van der Waals surface area contributed by atoms with Gasteiger partial charge in [0.05, 0.1) is 0 Å². The Balaban J connectivity index is 1.57. The van der Waals surface area contributed by atoms with Gasteiger partial charge in [0.25, 0.3) is 5.91 Å². The molecule has 1 aliphatic rings. The number of hydrogen-bond donors (Lipinski definition) is 3. The van der Waals surface area contributed by atoms with E-state index in [9.17, 15) is 9.59 Å². The van der Waals surface area contributed by atoms with Gasteiger partial charge in [-0.25, -0.2) is 0 Å². The Bertz CT molecular complexity index is 876. The van der Waals surface area contributed by atoms with Crippen LogP contribution in [0.3, 0.4) is 0 Å². The number of nitrogens with zero attached hydrogens (tertiary/aromatic N) is 1. The summed E-state index contributed by atoms with van der Waals surface area (Å²) in [6, 6.07) is 10.6. The molecule has 0 saturated carbocycles. The Kier molecular flexibility index (Phi) is 6.78. The van der Waals surface area contributed by atoms with Gasteiger partial charge in [0.2, 0.25) is 5.91 Å². The van der Waals surface area contributed by atoms with Crippen molar-refractivity contribution >= 4 is 28.9 Å². The van der Waals surface area contributed by atoms with Crippen molar-refractivity contribution in [3.63, 3.8) is 0 Å². The van der Waals surface area contributed by atoms with Crippen LogP contribution in [0.2, 0.25) is 0 Å². The number of allylic oxidation sites excluding steroid dienone is 1. The molecule has 0 unspecified atom stereocenters. The van der Waals surface area contributed by atoms with Gasteiger partial charge < -0.3 is 16.0 Å². The maximum Gasteiger partial charge on any atom is 0.274 e. The molecular weight excluding hydrogens is 352 g/mol. The number of hydrogen-bond acceptors (Lipinski definition) is 4. The van der Waals surface area contributed by atoms with E-state index in [-0.39, 0.29) is 11.8 Å². The number of anilines is 3. The summed E-state index contributed by atoms with van der Waals surface area (Å²) < 4.78 is 0. The Hall–Kier alpha value is -3.15. The average Bonchev–Trinajstić information content (AvgIpc) is 2.69. The fraction of sp³-hybridized carbons (Fsp3) is 0.318. The molecular formula is C22H26N4O2. The van der Waals surface area contributed by atoms with E-state index in [0.717, 1.165) is 18.7 Å². The summed E-state index contributed by atoms with van der Waals surface area (Å²) in [6.07, 6.45) is 9.99. The van der Waals surface area contributed by atoms with Gasteiger partial charge in [0, 0.05) is 36.7 Å². The molecule has 1 aliphatic carbocycles. The molecule has 0 aliphatic heterocycles. The molecule has 0 fully saturated rings. The van der Waals surface area contributed by atoms with Gasteiger partial charge in [0.1, 0.15) is 5.69 Å². The van der Waals surface area contributed by atoms with Crippen LogP contribution in [0.25, 0.3) is 0 Å². The number of benzene rings is 1. The molecule has 6 heteroatoms. The van der Waals surface area contributed by atoms with E-state index >= 15 is 0 Å². The van der Waals surface area contributed by atoms with Gasteiger partial charge in [-0.3, -0.25) is 14.6 Å². The first kappa shape index (κ1) is 19.6. The molecule has 1 aromatic carbocycles. The molecule has 146 valence electrons. The highest BCUT2D eigenvalue weighted by molar-refractivity contribution is 6.03. The zero-order chi connectivity index (χ0) is 19.8. The summed E-state index contributed by atoms with van der Waals surface area (Å²) in [4.78, 5) is 27.9. The first-order chi connectivity index (χ1) is 13.6. The second-order valence-corrected chi connectivity index (χ2v) is 6.93. The molecule has 0 saturated heterocycles. The molecule has 2 amide bonds. The van der Waals surface area contributed by atoms with Gasteiger partial charge in [0.15, 0.2) is 0 Å². The predicted molar refractivity (Wildman–Crippen MR) is 113 cm³/mol. The van der Waals surface area contributed by atoms with E-state index in [1.54, 1.807) is 36.5 Å². The minimum Gasteiger partial charge on any atom is -0.385 e. The van der Waals surface area contributed by atoms with Gasteiger partial charge in [-0.15, -0.1) is 0 Å². The Morgan fingerprint density at radius 2 is 1.86 bits per heavy atom. The molecule has 0 bridgehead atoms. The lowest BCUT2D eigenvalue weighted by Gasteiger charge is -2.13. The maximum absolute atomic E-state index is 12.5. The van der Waals surface area contributed by atoms with Crippen LogP contribution in [0, 0.1) is 0 Å². The number of rotatable bonds is 7. The summed E-state index contributed by atoms with van der Waals surface area (Å²) in [5.41, 5.74) is 3.96. The van der Waals surface area contributed by atoms with Crippen LogP contribution in [0.5, 0.6) is 0 Å². The SMILES string of the molecule is CC(=O)Nc1cccc(NC(=O)c2cc(NCCC3=CCCCC3)ccn2)c1. The van der Waals surface area contributed by atoms with Gasteiger partial charge in [-0.1, -0.05) is 17.7 Å². The smallest absolute Gasteiger partial charge is 0.274 e. The molecule has 3 N–H and O–H groups in total. The van der Waals surface area contributed by atoms with E-state index in [1.807, 2.05) is 6.07 Å². The molecule has 6 nitrogen and oxygen atoms in total. The van der Waals surface area contributed by atoms with Crippen LogP contribution in [0.15, 0.2) is 54.2 Å². The Morgan fingerprint density at radius 1 is 1.04 bits per heavy atom. The van der Waals surface area contributed by atoms with Crippen molar-refractivity contribution in [3.05, 3.63) is 59.9 Å². The average molecular weight is 378 g/mol. The number of pyridine rings is 1. The van der Waals surface area contributed by atoms with Crippen molar-refractivity contribution in [2.75, 3.05) is 22.5 Å².